The molecule has 0 aromatic carbocycles. The van der Waals surface area contributed by atoms with E-state index < -0.39 is 0 Å². The number of nitrogens with one attached hydrogen (secondary N) is 2. The van der Waals surface area contributed by atoms with Gasteiger partial charge in [-0.15, -0.1) is 6.58 Å². The summed E-state index contributed by atoms with van der Waals surface area (Å²) in [5.41, 5.74) is 0. The van der Waals surface area contributed by atoms with Crippen molar-refractivity contribution in [2.45, 2.75) is 6.42 Å². The minimum Gasteiger partial charge on any atom is -0.354 e. The summed E-state index contributed by atoms with van der Waals surface area (Å²) in [5, 5.41) is 4.97. The summed E-state index contributed by atoms with van der Waals surface area (Å²) in [6, 6.07) is 0. The number of hydrogen-bond donors (Lipinski definition) is 2. The molecule has 0 aliphatic carbocycles. The van der Waals surface area contributed by atoms with Crippen LogP contribution in [0.3, 0.4) is 0 Å². The molecule has 2 N–H and O–H groups in total. The van der Waals surface area contributed by atoms with Crippen molar-refractivity contribution in [2.24, 2.45) is 0 Å². The summed E-state index contributed by atoms with van der Waals surface area (Å²) >= 11 is 0. The largest absolute Gasteiger partial charge is 0.354 e. The van der Waals surface area contributed by atoms with Crippen molar-refractivity contribution in [3.8, 4) is 0 Å². The van der Waals surface area contributed by atoms with Gasteiger partial charge in [-0.25, -0.2) is 0 Å². The lowest BCUT2D eigenvalue weighted by molar-refractivity contribution is -0.123. The average Bonchev–Trinajstić information content (AvgIpc) is 2.14. The van der Waals surface area contributed by atoms with Crippen LogP contribution in [-0.2, 0) is 9.59 Å². The van der Waals surface area contributed by atoms with E-state index in [1.165, 1.54) is 0 Å². The fourth-order valence-corrected chi connectivity index (χ4v) is 0.616. The van der Waals surface area contributed by atoms with E-state index in [2.05, 4.69) is 23.8 Å². The van der Waals surface area contributed by atoms with Crippen LogP contribution in [0.2, 0.25) is 0 Å². The monoisotopic (exact) mass is 182 g/mol. The molecule has 0 saturated heterocycles. The second-order valence-corrected chi connectivity index (χ2v) is 2.35. The van der Waals surface area contributed by atoms with Crippen LogP contribution in [0.25, 0.3) is 0 Å². The molecular weight excluding hydrogens is 168 g/mol. The molecule has 0 saturated carbocycles. The van der Waals surface area contributed by atoms with Gasteiger partial charge in [-0.2, -0.15) is 0 Å². The van der Waals surface area contributed by atoms with Crippen LogP contribution in [0.4, 0.5) is 0 Å². The van der Waals surface area contributed by atoms with Crippen molar-refractivity contribution < 1.29 is 9.59 Å². The maximum absolute atomic E-state index is 10.9. The quantitative estimate of drug-likeness (QED) is 0.344. The van der Waals surface area contributed by atoms with Gasteiger partial charge in [0.1, 0.15) is 0 Å². The Morgan fingerprint density at radius 2 is 1.92 bits per heavy atom. The molecule has 0 aliphatic rings. The first kappa shape index (κ1) is 11.4. The van der Waals surface area contributed by atoms with Gasteiger partial charge >= 0.3 is 0 Å². The Morgan fingerprint density at radius 1 is 1.23 bits per heavy atom. The second-order valence-electron chi connectivity index (χ2n) is 2.35. The third kappa shape index (κ3) is 6.80. The van der Waals surface area contributed by atoms with Crippen LogP contribution < -0.4 is 10.6 Å². The molecule has 0 aliphatic heterocycles. The fraction of sp³-hybridized carbons (Fsp3) is 0.333. The summed E-state index contributed by atoms with van der Waals surface area (Å²) < 4.78 is 0. The summed E-state index contributed by atoms with van der Waals surface area (Å²) in [6.45, 7) is 7.30. The van der Waals surface area contributed by atoms with E-state index in [9.17, 15) is 9.59 Å². The molecule has 0 bridgehead atoms. The first-order chi connectivity index (χ1) is 6.20. The Kier molecular flexibility index (Phi) is 6.23. The zero-order chi connectivity index (χ0) is 10.1. The van der Waals surface area contributed by atoms with Gasteiger partial charge in [-0.1, -0.05) is 12.7 Å². The number of amides is 2. The molecule has 2 amide bonds. The Balaban J connectivity index is 3.45. The van der Waals surface area contributed by atoms with E-state index in [1.54, 1.807) is 6.08 Å². The number of carbonyl (C=O) groups excluding carboxylic acids is 2. The third-order valence-electron chi connectivity index (χ3n) is 1.28. The van der Waals surface area contributed by atoms with Crippen molar-refractivity contribution in [1.29, 1.82) is 0 Å². The second kappa shape index (κ2) is 7.09. The molecule has 13 heavy (non-hydrogen) atoms. The molecule has 4 heteroatoms. The Labute approximate surface area is 77.7 Å². The lowest BCUT2D eigenvalue weighted by Crippen LogP contribution is -2.36. The maximum Gasteiger partial charge on any atom is 0.243 e. The van der Waals surface area contributed by atoms with Gasteiger partial charge in [-0.05, 0) is 12.5 Å². The smallest absolute Gasteiger partial charge is 0.243 e. The zero-order valence-corrected chi connectivity index (χ0v) is 7.51. The lowest BCUT2D eigenvalue weighted by Gasteiger charge is -2.03. The van der Waals surface area contributed by atoms with Crippen molar-refractivity contribution >= 4 is 11.8 Å². The van der Waals surface area contributed by atoms with E-state index >= 15 is 0 Å². The molecule has 0 spiro atoms. The molecule has 0 unspecified atom stereocenters. The molecule has 0 radical (unpaired) electrons. The minimum atomic E-state index is -0.348. The van der Waals surface area contributed by atoms with Gasteiger partial charge < -0.3 is 10.6 Å². The Bertz CT molecular complexity index is 212. The highest BCUT2D eigenvalue weighted by Gasteiger charge is 2.00. The van der Waals surface area contributed by atoms with Crippen molar-refractivity contribution in [2.75, 3.05) is 13.1 Å². The summed E-state index contributed by atoms with van der Waals surface area (Å²) in [4.78, 5) is 21.6. The normalized spacial score (nSPS) is 8.62. The topological polar surface area (TPSA) is 58.2 Å². The standard InChI is InChI=1S/C9H14N2O2/c1-3-5-6-10-9(13)7-11-8(12)4-2/h3-4H,1-2,5-7H2,(H,10,13)(H,11,12). The van der Waals surface area contributed by atoms with E-state index in [0.29, 0.717) is 6.54 Å². The van der Waals surface area contributed by atoms with Gasteiger partial charge in [0, 0.05) is 6.54 Å². The minimum absolute atomic E-state index is 0.0119. The van der Waals surface area contributed by atoms with Crippen molar-refractivity contribution in [3.63, 3.8) is 0 Å². The van der Waals surface area contributed by atoms with E-state index in [4.69, 9.17) is 0 Å². The molecule has 0 atom stereocenters. The van der Waals surface area contributed by atoms with Crippen LogP contribution in [0.15, 0.2) is 25.3 Å². The lowest BCUT2D eigenvalue weighted by atomic mass is 10.4. The van der Waals surface area contributed by atoms with Crippen molar-refractivity contribution in [1.82, 2.24) is 10.6 Å². The molecule has 0 heterocycles. The summed E-state index contributed by atoms with van der Waals surface area (Å²) in [7, 11) is 0. The molecule has 0 fully saturated rings. The molecule has 72 valence electrons. The van der Waals surface area contributed by atoms with Crippen LogP contribution in [-0.4, -0.2) is 24.9 Å². The van der Waals surface area contributed by atoms with Crippen molar-refractivity contribution in [3.05, 3.63) is 25.3 Å². The first-order valence-electron chi connectivity index (χ1n) is 3.98. The average molecular weight is 182 g/mol. The molecule has 0 rings (SSSR count). The van der Waals surface area contributed by atoms with E-state index in [0.717, 1.165) is 12.5 Å². The summed E-state index contributed by atoms with van der Waals surface area (Å²) in [6.07, 6.45) is 3.56. The van der Waals surface area contributed by atoms with Crippen LogP contribution in [0.5, 0.6) is 0 Å². The fourth-order valence-electron chi connectivity index (χ4n) is 0.616. The van der Waals surface area contributed by atoms with Crippen LogP contribution >= 0.6 is 0 Å². The van der Waals surface area contributed by atoms with Crippen LogP contribution in [0, 0.1) is 0 Å². The van der Waals surface area contributed by atoms with Gasteiger partial charge in [0.15, 0.2) is 0 Å². The number of hydrogen-bond acceptors (Lipinski definition) is 2. The Hall–Kier alpha value is -1.58. The molecule has 4 nitrogen and oxygen atoms in total. The Morgan fingerprint density at radius 3 is 2.46 bits per heavy atom. The predicted molar refractivity (Wildman–Crippen MR) is 51.0 cm³/mol. The molecule has 0 aromatic rings. The zero-order valence-electron chi connectivity index (χ0n) is 7.51. The maximum atomic E-state index is 10.9. The highest BCUT2D eigenvalue weighted by Crippen LogP contribution is 1.75. The highest BCUT2D eigenvalue weighted by molar-refractivity contribution is 5.90. The van der Waals surface area contributed by atoms with Gasteiger partial charge in [-0.3, -0.25) is 9.59 Å². The first-order valence-corrected chi connectivity index (χ1v) is 3.98. The van der Waals surface area contributed by atoms with E-state index in [-0.39, 0.29) is 18.4 Å². The van der Waals surface area contributed by atoms with E-state index in [1.807, 2.05) is 0 Å². The summed E-state index contributed by atoms with van der Waals surface area (Å²) in [5.74, 6) is -0.559. The van der Waals surface area contributed by atoms with Gasteiger partial charge in [0.2, 0.25) is 11.8 Å². The van der Waals surface area contributed by atoms with Crippen LogP contribution in [0.1, 0.15) is 6.42 Å². The number of carbonyl (C=O) groups is 2. The molecule has 0 aromatic heterocycles. The number of rotatable bonds is 6. The van der Waals surface area contributed by atoms with Gasteiger partial charge in [0.05, 0.1) is 6.54 Å². The molecular formula is C9H14N2O2. The highest BCUT2D eigenvalue weighted by atomic mass is 16.2. The SMILES string of the molecule is C=CCCNC(=O)CNC(=O)C=C. The third-order valence-corrected chi connectivity index (χ3v) is 1.28. The van der Waals surface area contributed by atoms with Gasteiger partial charge in [0.25, 0.3) is 0 Å². The predicted octanol–water partition coefficient (Wildman–Crippen LogP) is -0.0191.